The van der Waals surface area contributed by atoms with E-state index in [4.69, 9.17) is 10.00 Å². The number of aromatic nitrogens is 3. The van der Waals surface area contributed by atoms with E-state index in [2.05, 4.69) is 20.7 Å². The van der Waals surface area contributed by atoms with Crippen molar-refractivity contribution in [3.8, 4) is 17.5 Å². The van der Waals surface area contributed by atoms with Gasteiger partial charge in [-0.15, -0.1) is 0 Å². The van der Waals surface area contributed by atoms with Crippen molar-refractivity contribution < 1.29 is 23.4 Å². The molecule has 11 heteroatoms. The minimum Gasteiger partial charge on any atom is -0.387 e. The Bertz CT molecular complexity index is 1270. The van der Waals surface area contributed by atoms with Crippen LogP contribution in [0.3, 0.4) is 0 Å². The fourth-order valence-electron chi connectivity index (χ4n) is 3.74. The second-order valence-electron chi connectivity index (χ2n) is 8.99. The smallest absolute Gasteiger partial charge is 0.255 e. The van der Waals surface area contributed by atoms with Crippen molar-refractivity contribution in [3.63, 3.8) is 0 Å². The van der Waals surface area contributed by atoms with Crippen LogP contribution in [0.15, 0.2) is 36.7 Å². The Kier molecular flexibility index (Phi) is 6.95. The molecule has 35 heavy (non-hydrogen) atoms. The predicted octanol–water partition coefficient (Wildman–Crippen LogP) is 2.65. The molecule has 1 aliphatic heterocycles. The van der Waals surface area contributed by atoms with E-state index in [0.717, 1.165) is 0 Å². The van der Waals surface area contributed by atoms with Gasteiger partial charge >= 0.3 is 0 Å². The van der Waals surface area contributed by atoms with Gasteiger partial charge in [-0.25, -0.2) is 13.3 Å². The number of carbonyl (C=O) groups is 1. The molecule has 4 rings (SSSR count). The monoisotopic (exact) mass is 484 g/mol. The second kappa shape index (κ2) is 9.93. The van der Waals surface area contributed by atoms with E-state index in [1.807, 2.05) is 6.07 Å². The summed E-state index contributed by atoms with van der Waals surface area (Å²) in [4.78, 5) is 17.3. The van der Waals surface area contributed by atoms with E-state index in [0.29, 0.717) is 41.2 Å². The molecule has 3 aromatic heterocycles. The number of nitrogens with zero attached hydrogens (tertiary/aromatic N) is 4. The highest BCUT2D eigenvalue weighted by Gasteiger charge is 2.29. The molecule has 0 saturated carbocycles. The molecular formula is C24H26F2N6O3. The number of pyridine rings is 1. The summed E-state index contributed by atoms with van der Waals surface area (Å²) in [7, 11) is 0. The number of nitrogens with one attached hydrogen (secondary N) is 2. The summed E-state index contributed by atoms with van der Waals surface area (Å²) in [5.74, 6) is -0.613. The Labute approximate surface area is 200 Å². The maximum absolute atomic E-state index is 14.5. The highest BCUT2D eigenvalue weighted by atomic mass is 19.1. The standard InChI is InChI=1S/C24H26F2N6O3/c1-24(2,34)22(26)12-29-23(33)16-11-28-20(8-19(16)31-18-5-6-35-13-17(18)25)21-4-3-15-7-14(9-27)10-30-32(15)21/h3-4,7-8,10-11,17-18,22,34H,5-6,12-13H2,1-2H3,(H,28,31)(H,29,33)/t17-,18-,22-/m1/s1. The number of hydrogen-bond donors (Lipinski definition) is 3. The van der Waals surface area contributed by atoms with Crippen LogP contribution in [0.1, 0.15) is 36.2 Å². The van der Waals surface area contributed by atoms with Crippen molar-refractivity contribution in [2.45, 2.75) is 44.3 Å². The first-order chi connectivity index (χ1) is 16.7. The summed E-state index contributed by atoms with van der Waals surface area (Å²) in [6, 6.07) is 8.31. The van der Waals surface area contributed by atoms with Crippen LogP contribution in [-0.4, -0.2) is 69.4 Å². The first-order valence-corrected chi connectivity index (χ1v) is 11.2. The molecule has 0 bridgehead atoms. The normalized spacial score (nSPS) is 19.2. The molecule has 1 amide bonds. The van der Waals surface area contributed by atoms with Crippen molar-refractivity contribution in [2.75, 3.05) is 25.1 Å². The molecule has 0 unspecified atom stereocenters. The molecule has 1 saturated heterocycles. The Morgan fingerprint density at radius 2 is 2.20 bits per heavy atom. The van der Waals surface area contributed by atoms with Gasteiger partial charge in [0.25, 0.3) is 5.91 Å². The zero-order valence-corrected chi connectivity index (χ0v) is 19.3. The number of nitriles is 1. The molecule has 0 aromatic carbocycles. The SMILES string of the molecule is CC(C)(O)[C@H](F)CNC(=O)c1cnc(-c2ccc3cc(C#N)cnn23)cc1N[C@@H]1CCOC[C@H]1F. The molecule has 1 fully saturated rings. The molecule has 3 aromatic rings. The number of hydrogen-bond acceptors (Lipinski definition) is 7. The summed E-state index contributed by atoms with van der Waals surface area (Å²) < 4.78 is 35.4. The van der Waals surface area contributed by atoms with Gasteiger partial charge in [-0.1, -0.05) is 0 Å². The zero-order chi connectivity index (χ0) is 25.2. The van der Waals surface area contributed by atoms with E-state index in [1.54, 1.807) is 28.8 Å². The Morgan fingerprint density at radius 3 is 2.91 bits per heavy atom. The number of ether oxygens (including phenoxy) is 1. The highest BCUT2D eigenvalue weighted by molar-refractivity contribution is 6.00. The lowest BCUT2D eigenvalue weighted by atomic mass is 10.0. The molecule has 9 nitrogen and oxygen atoms in total. The number of halogens is 2. The van der Waals surface area contributed by atoms with E-state index in [9.17, 15) is 18.7 Å². The number of alkyl halides is 2. The van der Waals surface area contributed by atoms with Crippen molar-refractivity contribution in [1.82, 2.24) is 19.9 Å². The number of anilines is 1. The highest BCUT2D eigenvalue weighted by Crippen LogP contribution is 2.27. The molecular weight excluding hydrogens is 458 g/mol. The van der Waals surface area contributed by atoms with E-state index < -0.39 is 36.4 Å². The topological polar surface area (TPSA) is 125 Å². The van der Waals surface area contributed by atoms with Gasteiger partial charge in [0.15, 0.2) is 0 Å². The van der Waals surface area contributed by atoms with Crippen LogP contribution < -0.4 is 10.6 Å². The largest absolute Gasteiger partial charge is 0.387 e. The lowest BCUT2D eigenvalue weighted by Crippen LogP contribution is -2.42. The summed E-state index contributed by atoms with van der Waals surface area (Å²) >= 11 is 0. The summed E-state index contributed by atoms with van der Waals surface area (Å²) in [6.07, 6.45) is 0.208. The van der Waals surface area contributed by atoms with Crippen molar-refractivity contribution >= 4 is 17.1 Å². The lowest BCUT2D eigenvalue weighted by molar-refractivity contribution is -0.00177. The second-order valence-corrected chi connectivity index (χ2v) is 8.99. The summed E-state index contributed by atoms with van der Waals surface area (Å²) in [6.45, 7) is 2.55. The number of carbonyl (C=O) groups excluding carboxylic acids is 1. The van der Waals surface area contributed by atoms with Gasteiger partial charge in [-0.2, -0.15) is 10.4 Å². The number of rotatable bonds is 7. The van der Waals surface area contributed by atoms with Gasteiger partial charge < -0.3 is 20.5 Å². The molecule has 4 heterocycles. The third kappa shape index (κ3) is 5.39. The van der Waals surface area contributed by atoms with Gasteiger partial charge in [0.05, 0.1) is 64.7 Å². The van der Waals surface area contributed by atoms with Gasteiger partial charge in [0.1, 0.15) is 18.4 Å². The Hall–Kier alpha value is -3.62. The minimum atomic E-state index is -1.68. The average molecular weight is 485 g/mol. The van der Waals surface area contributed by atoms with Crippen LogP contribution in [0.5, 0.6) is 0 Å². The molecule has 3 atom stereocenters. The fourth-order valence-corrected chi connectivity index (χ4v) is 3.74. The molecule has 3 N–H and O–H groups in total. The van der Waals surface area contributed by atoms with E-state index in [1.165, 1.54) is 26.2 Å². The Balaban J connectivity index is 1.67. The molecule has 0 aliphatic carbocycles. The summed E-state index contributed by atoms with van der Waals surface area (Å²) in [5, 5.41) is 28.8. The first-order valence-electron chi connectivity index (χ1n) is 11.2. The summed E-state index contributed by atoms with van der Waals surface area (Å²) in [5.41, 5.74) is 0.980. The van der Waals surface area contributed by atoms with Gasteiger partial charge in [-0.3, -0.25) is 9.78 Å². The molecule has 0 radical (unpaired) electrons. The van der Waals surface area contributed by atoms with E-state index >= 15 is 0 Å². The molecule has 0 spiro atoms. The van der Waals surface area contributed by atoms with Crippen molar-refractivity contribution in [3.05, 3.63) is 47.8 Å². The van der Waals surface area contributed by atoms with Crippen LogP contribution in [-0.2, 0) is 4.74 Å². The minimum absolute atomic E-state index is 0.0548. The van der Waals surface area contributed by atoms with Crippen LogP contribution >= 0.6 is 0 Å². The third-order valence-electron chi connectivity index (χ3n) is 5.88. The van der Waals surface area contributed by atoms with Crippen LogP contribution in [0.25, 0.3) is 16.9 Å². The number of fused-ring (bicyclic) bond motifs is 1. The average Bonchev–Trinajstić information content (AvgIpc) is 3.26. The van der Waals surface area contributed by atoms with Crippen LogP contribution in [0.2, 0.25) is 0 Å². The van der Waals surface area contributed by atoms with Crippen molar-refractivity contribution in [2.24, 2.45) is 0 Å². The van der Waals surface area contributed by atoms with Gasteiger partial charge in [0.2, 0.25) is 0 Å². The van der Waals surface area contributed by atoms with Gasteiger partial charge in [0, 0.05) is 12.8 Å². The lowest BCUT2D eigenvalue weighted by Gasteiger charge is -2.28. The van der Waals surface area contributed by atoms with Gasteiger partial charge in [-0.05, 0) is 44.5 Å². The molecule has 184 valence electrons. The number of amides is 1. The molecule has 1 aliphatic rings. The third-order valence-corrected chi connectivity index (χ3v) is 5.88. The fraction of sp³-hybridized carbons (Fsp3) is 0.417. The Morgan fingerprint density at radius 1 is 1.40 bits per heavy atom. The maximum Gasteiger partial charge on any atom is 0.255 e. The zero-order valence-electron chi connectivity index (χ0n) is 19.3. The maximum atomic E-state index is 14.5. The predicted molar refractivity (Wildman–Crippen MR) is 124 cm³/mol. The van der Waals surface area contributed by atoms with E-state index in [-0.39, 0.29) is 12.2 Å². The first kappa shape index (κ1) is 24.5. The van der Waals surface area contributed by atoms with Crippen LogP contribution in [0, 0.1) is 11.3 Å². The quantitative estimate of drug-likeness (QED) is 0.471. The number of aliphatic hydroxyl groups is 1. The van der Waals surface area contributed by atoms with Crippen molar-refractivity contribution in [1.29, 1.82) is 5.26 Å². The van der Waals surface area contributed by atoms with Crippen LogP contribution in [0.4, 0.5) is 14.5 Å².